The quantitative estimate of drug-likeness (QED) is 0.382. The molecule has 0 aliphatic heterocycles. The van der Waals surface area contributed by atoms with Crippen molar-refractivity contribution in [3.63, 3.8) is 0 Å². The lowest BCUT2D eigenvalue weighted by atomic mass is 9.94. The van der Waals surface area contributed by atoms with Crippen molar-refractivity contribution in [3.05, 3.63) is 52.0 Å². The standard InChI is InChI=1S/C26H34N4/c1-9-10-21-13-22-19(7)27-25-24(23-17(5)11-16(4)12-18(23)6)20(8)28-30(25)26(22)29(21)14-15(2)3/h11-13,15H,9-10,14H2,1-8H3. The number of hydrogen-bond donors (Lipinski definition) is 0. The van der Waals surface area contributed by atoms with Gasteiger partial charge in [0, 0.05) is 17.6 Å². The van der Waals surface area contributed by atoms with Crippen LogP contribution in [0.3, 0.4) is 0 Å². The summed E-state index contributed by atoms with van der Waals surface area (Å²) in [5.41, 5.74) is 12.0. The topological polar surface area (TPSA) is 35.1 Å². The van der Waals surface area contributed by atoms with E-state index in [1.807, 2.05) is 0 Å². The normalized spacial score (nSPS) is 12.0. The van der Waals surface area contributed by atoms with Crippen LogP contribution in [0.2, 0.25) is 0 Å². The zero-order valence-corrected chi connectivity index (χ0v) is 19.7. The van der Waals surface area contributed by atoms with Crippen molar-refractivity contribution in [2.45, 2.75) is 74.8 Å². The maximum Gasteiger partial charge on any atom is 0.165 e. The van der Waals surface area contributed by atoms with Gasteiger partial charge in [-0.1, -0.05) is 44.9 Å². The van der Waals surface area contributed by atoms with Crippen LogP contribution in [0.15, 0.2) is 18.2 Å². The van der Waals surface area contributed by atoms with Crippen LogP contribution in [0, 0.1) is 40.5 Å². The van der Waals surface area contributed by atoms with Gasteiger partial charge in [0.15, 0.2) is 5.65 Å². The first-order valence-electron chi connectivity index (χ1n) is 11.2. The highest BCUT2D eigenvalue weighted by atomic mass is 15.3. The number of benzene rings is 1. The molecule has 0 bridgehead atoms. The minimum absolute atomic E-state index is 0.567. The van der Waals surface area contributed by atoms with E-state index >= 15 is 0 Å². The molecule has 3 aromatic heterocycles. The van der Waals surface area contributed by atoms with Crippen molar-refractivity contribution in [2.75, 3.05) is 0 Å². The predicted molar refractivity (Wildman–Crippen MR) is 126 cm³/mol. The molecule has 0 radical (unpaired) electrons. The molecule has 0 amide bonds. The summed E-state index contributed by atoms with van der Waals surface area (Å²) in [6, 6.07) is 6.86. The molecule has 0 fully saturated rings. The van der Waals surface area contributed by atoms with Crippen LogP contribution in [-0.2, 0) is 13.0 Å². The third-order valence-electron chi connectivity index (χ3n) is 6.04. The summed E-state index contributed by atoms with van der Waals surface area (Å²) in [5.74, 6) is 0.567. The molecule has 0 atom stereocenters. The minimum Gasteiger partial charge on any atom is -0.329 e. The van der Waals surface area contributed by atoms with Crippen molar-refractivity contribution in [2.24, 2.45) is 5.92 Å². The van der Waals surface area contributed by atoms with Crippen LogP contribution in [0.25, 0.3) is 27.8 Å². The van der Waals surface area contributed by atoms with Gasteiger partial charge >= 0.3 is 0 Å². The summed E-state index contributed by atoms with van der Waals surface area (Å²) in [7, 11) is 0. The van der Waals surface area contributed by atoms with E-state index in [1.54, 1.807) is 0 Å². The molecule has 0 N–H and O–H groups in total. The summed E-state index contributed by atoms with van der Waals surface area (Å²) in [6.07, 6.45) is 2.21. The molecule has 0 spiro atoms. The number of rotatable bonds is 5. The number of nitrogens with zero attached hydrogens (tertiary/aromatic N) is 4. The summed E-state index contributed by atoms with van der Waals surface area (Å²) in [6.45, 7) is 18.6. The fourth-order valence-electron chi connectivity index (χ4n) is 4.97. The SMILES string of the molecule is CCCc1cc2c(C)nc3c(-c4c(C)cc(C)cc4C)c(C)nn3c2n1CC(C)C. The number of hydrogen-bond acceptors (Lipinski definition) is 2. The summed E-state index contributed by atoms with van der Waals surface area (Å²) in [4.78, 5) is 5.09. The smallest absolute Gasteiger partial charge is 0.165 e. The van der Waals surface area contributed by atoms with Crippen LogP contribution in [0.5, 0.6) is 0 Å². The molecule has 0 saturated carbocycles. The van der Waals surface area contributed by atoms with E-state index in [-0.39, 0.29) is 0 Å². The highest BCUT2D eigenvalue weighted by molar-refractivity contribution is 5.90. The largest absolute Gasteiger partial charge is 0.329 e. The Morgan fingerprint density at radius 2 is 1.57 bits per heavy atom. The molecule has 0 aliphatic rings. The maximum atomic E-state index is 5.09. The van der Waals surface area contributed by atoms with Gasteiger partial charge in [-0.2, -0.15) is 9.61 Å². The van der Waals surface area contributed by atoms with Crippen LogP contribution >= 0.6 is 0 Å². The lowest BCUT2D eigenvalue weighted by molar-refractivity contribution is 0.515. The van der Waals surface area contributed by atoms with Crippen molar-refractivity contribution in [1.82, 2.24) is 19.2 Å². The molecule has 4 aromatic rings. The van der Waals surface area contributed by atoms with Crippen molar-refractivity contribution in [1.29, 1.82) is 0 Å². The van der Waals surface area contributed by atoms with Crippen LogP contribution < -0.4 is 0 Å². The van der Waals surface area contributed by atoms with Crippen LogP contribution in [-0.4, -0.2) is 19.2 Å². The molecule has 0 saturated heterocycles. The molecular weight excluding hydrogens is 368 g/mol. The molecule has 158 valence electrons. The first kappa shape index (κ1) is 20.6. The molecule has 3 heterocycles. The second-order valence-corrected chi connectivity index (χ2v) is 9.29. The molecule has 0 unspecified atom stereocenters. The fourth-order valence-corrected chi connectivity index (χ4v) is 4.97. The average Bonchev–Trinajstić information content (AvgIpc) is 3.14. The van der Waals surface area contributed by atoms with E-state index in [4.69, 9.17) is 10.1 Å². The zero-order chi connectivity index (χ0) is 21.7. The monoisotopic (exact) mass is 402 g/mol. The second kappa shape index (κ2) is 7.57. The predicted octanol–water partition coefficient (Wildman–Crippen LogP) is 6.50. The van der Waals surface area contributed by atoms with E-state index in [9.17, 15) is 0 Å². The van der Waals surface area contributed by atoms with Gasteiger partial charge in [0.25, 0.3) is 0 Å². The minimum atomic E-state index is 0.567. The lowest BCUT2D eigenvalue weighted by Gasteiger charge is -2.14. The van der Waals surface area contributed by atoms with Crippen molar-refractivity contribution < 1.29 is 0 Å². The van der Waals surface area contributed by atoms with Gasteiger partial charge in [-0.05, 0) is 69.7 Å². The Hall–Kier alpha value is -2.62. The molecule has 4 nitrogen and oxygen atoms in total. The van der Waals surface area contributed by atoms with Crippen molar-refractivity contribution >= 4 is 16.7 Å². The van der Waals surface area contributed by atoms with E-state index in [0.29, 0.717) is 5.92 Å². The summed E-state index contributed by atoms with van der Waals surface area (Å²) in [5, 5.41) is 6.26. The number of aryl methyl sites for hydroxylation is 6. The van der Waals surface area contributed by atoms with Gasteiger partial charge in [0.2, 0.25) is 0 Å². The van der Waals surface area contributed by atoms with Crippen molar-refractivity contribution in [3.8, 4) is 11.1 Å². The highest BCUT2D eigenvalue weighted by Gasteiger charge is 2.22. The molecule has 0 aliphatic carbocycles. The molecule has 1 aromatic carbocycles. The Morgan fingerprint density at radius 3 is 2.17 bits per heavy atom. The zero-order valence-electron chi connectivity index (χ0n) is 19.7. The van der Waals surface area contributed by atoms with Gasteiger partial charge in [0.05, 0.1) is 17.0 Å². The maximum absolute atomic E-state index is 5.09. The second-order valence-electron chi connectivity index (χ2n) is 9.29. The summed E-state index contributed by atoms with van der Waals surface area (Å²) >= 11 is 0. The van der Waals surface area contributed by atoms with Gasteiger partial charge in [0.1, 0.15) is 5.65 Å². The van der Waals surface area contributed by atoms with Gasteiger partial charge in [-0.25, -0.2) is 4.98 Å². The Balaban J connectivity index is 2.12. The van der Waals surface area contributed by atoms with E-state index < -0.39 is 0 Å². The van der Waals surface area contributed by atoms with E-state index in [1.165, 1.54) is 44.5 Å². The van der Waals surface area contributed by atoms with Crippen LogP contribution in [0.1, 0.15) is 61.0 Å². The Morgan fingerprint density at radius 1 is 0.900 bits per heavy atom. The Labute approximate surface area is 179 Å². The lowest BCUT2D eigenvalue weighted by Crippen LogP contribution is -2.11. The number of fused-ring (bicyclic) bond motifs is 3. The molecule has 4 rings (SSSR count). The van der Waals surface area contributed by atoms with Crippen LogP contribution in [0.4, 0.5) is 0 Å². The molecular formula is C26H34N4. The molecule has 30 heavy (non-hydrogen) atoms. The fraction of sp³-hybridized carbons (Fsp3) is 0.462. The first-order valence-corrected chi connectivity index (χ1v) is 11.2. The average molecular weight is 403 g/mol. The van der Waals surface area contributed by atoms with Gasteiger partial charge in [-0.3, -0.25) is 0 Å². The van der Waals surface area contributed by atoms with E-state index in [0.717, 1.165) is 36.4 Å². The third kappa shape index (κ3) is 3.23. The van der Waals surface area contributed by atoms with E-state index in [2.05, 4.69) is 82.7 Å². The number of aromatic nitrogens is 4. The van der Waals surface area contributed by atoms with Gasteiger partial charge < -0.3 is 4.57 Å². The summed E-state index contributed by atoms with van der Waals surface area (Å²) < 4.78 is 4.59. The molecule has 4 heteroatoms. The highest BCUT2D eigenvalue weighted by Crippen LogP contribution is 2.36. The Bertz CT molecular complexity index is 1230. The first-order chi connectivity index (χ1) is 14.2. The third-order valence-corrected chi connectivity index (χ3v) is 6.04. The Kier molecular flexibility index (Phi) is 5.21. The van der Waals surface area contributed by atoms with Gasteiger partial charge in [-0.15, -0.1) is 0 Å².